The fraction of sp³-hybridized carbons (Fsp3) is 0.611. The van der Waals surface area contributed by atoms with E-state index >= 15 is 0 Å². The number of carbonyl (C=O) groups is 1. The lowest BCUT2D eigenvalue weighted by molar-refractivity contribution is -0.123. The zero-order valence-electron chi connectivity index (χ0n) is 14.8. The van der Waals surface area contributed by atoms with Crippen molar-refractivity contribution in [3.8, 4) is 10.7 Å². The van der Waals surface area contributed by atoms with Gasteiger partial charge in [0.05, 0.1) is 17.5 Å². The molecule has 0 aliphatic carbocycles. The van der Waals surface area contributed by atoms with Gasteiger partial charge in [0, 0.05) is 13.1 Å². The first-order valence-corrected chi connectivity index (χ1v) is 10.3. The van der Waals surface area contributed by atoms with E-state index in [9.17, 15) is 4.79 Å². The smallest absolute Gasteiger partial charge is 0.241 e. The number of piperidine rings is 1. The van der Waals surface area contributed by atoms with E-state index in [2.05, 4.69) is 25.7 Å². The standard InChI is InChI=1S/C18H25N5O2S/c24-18(14-5-1-7-19-14)20-10-13-4-2-8-23(11-13)12-16-21-17(22-25-16)15-6-3-9-26-15/h3,6,9,13-14,19H,1-2,4-5,7-8,10-12H2,(H,20,24). The fourth-order valence-electron chi connectivity index (χ4n) is 3.75. The number of nitrogens with one attached hydrogen (secondary N) is 2. The van der Waals surface area contributed by atoms with Crippen LogP contribution in [-0.4, -0.2) is 53.2 Å². The second kappa shape index (κ2) is 8.28. The van der Waals surface area contributed by atoms with Crippen molar-refractivity contribution in [3.63, 3.8) is 0 Å². The van der Waals surface area contributed by atoms with Crippen LogP contribution in [0.4, 0.5) is 0 Å². The minimum absolute atomic E-state index is 0.00348. The molecule has 0 spiro atoms. The van der Waals surface area contributed by atoms with E-state index in [4.69, 9.17) is 4.52 Å². The third-order valence-electron chi connectivity index (χ3n) is 5.11. The normalized spacial score (nSPS) is 24.0. The maximum Gasteiger partial charge on any atom is 0.241 e. The molecule has 2 unspecified atom stereocenters. The van der Waals surface area contributed by atoms with Gasteiger partial charge in [-0.1, -0.05) is 11.2 Å². The Morgan fingerprint density at radius 1 is 1.42 bits per heavy atom. The molecule has 140 valence electrons. The maximum atomic E-state index is 12.2. The molecule has 0 aromatic carbocycles. The molecule has 2 aromatic rings. The van der Waals surface area contributed by atoms with E-state index in [-0.39, 0.29) is 11.9 Å². The molecule has 8 heteroatoms. The molecule has 2 saturated heterocycles. The van der Waals surface area contributed by atoms with Crippen molar-refractivity contribution >= 4 is 17.2 Å². The van der Waals surface area contributed by atoms with E-state index in [1.54, 1.807) is 11.3 Å². The third kappa shape index (κ3) is 4.31. The molecule has 2 aliphatic rings. The summed E-state index contributed by atoms with van der Waals surface area (Å²) in [5, 5.41) is 12.5. The molecular formula is C18H25N5O2S. The van der Waals surface area contributed by atoms with Crippen LogP contribution in [0.25, 0.3) is 10.7 Å². The summed E-state index contributed by atoms with van der Waals surface area (Å²) in [7, 11) is 0. The number of likely N-dealkylation sites (tertiary alicyclic amines) is 1. The number of nitrogens with zero attached hydrogens (tertiary/aromatic N) is 3. The van der Waals surface area contributed by atoms with Crippen LogP contribution in [0, 0.1) is 5.92 Å². The predicted octanol–water partition coefficient (Wildman–Crippen LogP) is 1.88. The zero-order valence-corrected chi connectivity index (χ0v) is 15.6. The largest absolute Gasteiger partial charge is 0.354 e. The lowest BCUT2D eigenvalue weighted by Crippen LogP contribution is -2.45. The van der Waals surface area contributed by atoms with Gasteiger partial charge in [-0.25, -0.2) is 0 Å². The second-order valence-electron chi connectivity index (χ2n) is 7.13. The summed E-state index contributed by atoms with van der Waals surface area (Å²) in [6.45, 7) is 4.36. The monoisotopic (exact) mass is 375 g/mol. The van der Waals surface area contributed by atoms with Crippen LogP contribution in [-0.2, 0) is 11.3 Å². The van der Waals surface area contributed by atoms with Crippen molar-refractivity contribution in [2.24, 2.45) is 5.92 Å². The first-order chi connectivity index (χ1) is 12.8. The van der Waals surface area contributed by atoms with Crippen LogP contribution in [0.15, 0.2) is 22.0 Å². The predicted molar refractivity (Wildman–Crippen MR) is 99.6 cm³/mol. The van der Waals surface area contributed by atoms with E-state index in [1.807, 2.05) is 17.5 Å². The summed E-state index contributed by atoms with van der Waals surface area (Å²) in [6, 6.07) is 3.99. The highest BCUT2D eigenvalue weighted by molar-refractivity contribution is 7.13. The Morgan fingerprint density at radius 2 is 2.38 bits per heavy atom. The van der Waals surface area contributed by atoms with Gasteiger partial charge in [-0.2, -0.15) is 4.98 Å². The Morgan fingerprint density at radius 3 is 3.19 bits per heavy atom. The number of rotatable bonds is 6. The van der Waals surface area contributed by atoms with Crippen LogP contribution in [0.3, 0.4) is 0 Å². The Balaban J connectivity index is 1.26. The van der Waals surface area contributed by atoms with Crippen LogP contribution in [0.2, 0.25) is 0 Å². The van der Waals surface area contributed by atoms with E-state index in [0.29, 0.717) is 24.2 Å². The topological polar surface area (TPSA) is 83.3 Å². The molecule has 0 bridgehead atoms. The number of hydrogen-bond donors (Lipinski definition) is 2. The van der Waals surface area contributed by atoms with Crippen LogP contribution in [0.1, 0.15) is 31.6 Å². The highest BCUT2D eigenvalue weighted by atomic mass is 32.1. The summed E-state index contributed by atoms with van der Waals surface area (Å²) in [6.07, 6.45) is 4.33. The maximum absolute atomic E-state index is 12.2. The van der Waals surface area contributed by atoms with Crippen molar-refractivity contribution in [2.75, 3.05) is 26.2 Å². The first-order valence-electron chi connectivity index (χ1n) is 9.38. The number of thiophene rings is 1. The molecule has 2 fully saturated rings. The Hall–Kier alpha value is -1.77. The molecular weight excluding hydrogens is 350 g/mol. The van der Waals surface area contributed by atoms with Gasteiger partial charge >= 0.3 is 0 Å². The van der Waals surface area contributed by atoms with Crippen molar-refractivity contribution in [1.29, 1.82) is 0 Å². The molecule has 2 aromatic heterocycles. The number of hydrogen-bond acceptors (Lipinski definition) is 7. The Labute approximate surface area is 157 Å². The van der Waals surface area contributed by atoms with Crippen molar-refractivity contribution in [3.05, 3.63) is 23.4 Å². The molecule has 2 atom stereocenters. The molecule has 2 aliphatic heterocycles. The van der Waals surface area contributed by atoms with Gasteiger partial charge in [-0.3, -0.25) is 9.69 Å². The van der Waals surface area contributed by atoms with Gasteiger partial charge in [-0.15, -0.1) is 11.3 Å². The van der Waals surface area contributed by atoms with E-state index in [1.165, 1.54) is 0 Å². The minimum Gasteiger partial charge on any atom is -0.354 e. The molecule has 7 nitrogen and oxygen atoms in total. The fourth-order valence-corrected chi connectivity index (χ4v) is 4.40. The number of amides is 1. The molecule has 4 heterocycles. The highest BCUT2D eigenvalue weighted by Crippen LogP contribution is 2.23. The van der Waals surface area contributed by atoms with E-state index in [0.717, 1.165) is 56.7 Å². The van der Waals surface area contributed by atoms with Crippen molar-refractivity contribution < 1.29 is 9.32 Å². The lowest BCUT2D eigenvalue weighted by Gasteiger charge is -2.32. The first kappa shape index (κ1) is 17.6. The summed E-state index contributed by atoms with van der Waals surface area (Å²) in [4.78, 5) is 20.0. The van der Waals surface area contributed by atoms with Crippen LogP contribution >= 0.6 is 11.3 Å². The average molecular weight is 375 g/mol. The third-order valence-corrected chi connectivity index (χ3v) is 5.98. The minimum atomic E-state index is 0.00348. The van der Waals surface area contributed by atoms with E-state index < -0.39 is 0 Å². The lowest BCUT2D eigenvalue weighted by atomic mass is 9.98. The van der Waals surface area contributed by atoms with Crippen LogP contribution < -0.4 is 10.6 Å². The van der Waals surface area contributed by atoms with Crippen molar-refractivity contribution in [1.82, 2.24) is 25.7 Å². The summed E-state index contributed by atoms with van der Waals surface area (Å²) in [5.41, 5.74) is 0. The summed E-state index contributed by atoms with van der Waals surface area (Å²) < 4.78 is 5.42. The molecule has 0 saturated carbocycles. The van der Waals surface area contributed by atoms with Crippen molar-refractivity contribution in [2.45, 2.75) is 38.3 Å². The molecule has 1 amide bonds. The van der Waals surface area contributed by atoms with Gasteiger partial charge in [-0.05, 0) is 56.1 Å². The highest BCUT2D eigenvalue weighted by Gasteiger charge is 2.25. The average Bonchev–Trinajstić information content (AvgIpc) is 3.41. The van der Waals surface area contributed by atoms with Gasteiger partial charge < -0.3 is 15.2 Å². The van der Waals surface area contributed by atoms with Gasteiger partial charge in [0.15, 0.2) is 0 Å². The van der Waals surface area contributed by atoms with Gasteiger partial charge in [0.25, 0.3) is 0 Å². The Bertz CT molecular complexity index is 711. The van der Waals surface area contributed by atoms with Gasteiger partial charge in [0.1, 0.15) is 0 Å². The summed E-state index contributed by atoms with van der Waals surface area (Å²) in [5.74, 6) is 1.96. The quantitative estimate of drug-likeness (QED) is 0.802. The summed E-state index contributed by atoms with van der Waals surface area (Å²) >= 11 is 1.61. The molecule has 2 N–H and O–H groups in total. The molecule has 26 heavy (non-hydrogen) atoms. The Kier molecular flexibility index (Phi) is 5.62. The number of aromatic nitrogens is 2. The molecule has 0 radical (unpaired) electrons. The van der Waals surface area contributed by atoms with Gasteiger partial charge in [0.2, 0.25) is 17.6 Å². The van der Waals surface area contributed by atoms with Crippen LogP contribution in [0.5, 0.6) is 0 Å². The molecule has 4 rings (SSSR count). The second-order valence-corrected chi connectivity index (χ2v) is 8.07. The number of carbonyl (C=O) groups excluding carboxylic acids is 1. The SMILES string of the molecule is O=C(NCC1CCCN(Cc2nc(-c3cccs3)no2)C1)C1CCCN1. The zero-order chi connectivity index (χ0) is 17.8.